The van der Waals surface area contributed by atoms with Crippen LogP contribution >= 0.6 is 0 Å². The van der Waals surface area contributed by atoms with Gasteiger partial charge in [0.1, 0.15) is 0 Å². The molecule has 1 aliphatic heterocycles. The first-order valence-corrected chi connectivity index (χ1v) is 9.73. The Hall–Kier alpha value is -2.67. The fraction of sp³-hybridized carbons (Fsp3) is 0.476. The summed E-state index contributed by atoms with van der Waals surface area (Å²) in [5.74, 6) is 0.110. The molecule has 7 heteroatoms. The molecular weight excluding hydrogens is 354 g/mol. The summed E-state index contributed by atoms with van der Waals surface area (Å²) in [6.07, 6.45) is 4.25. The molecule has 0 bridgehead atoms. The van der Waals surface area contributed by atoms with Crippen molar-refractivity contribution in [3.8, 4) is 11.3 Å². The number of carbonyl (C=O) groups excluding carboxylic acids is 2. The molecule has 0 aliphatic carbocycles. The highest BCUT2D eigenvalue weighted by molar-refractivity contribution is 5.77. The Kier molecular flexibility index (Phi) is 6.46. The fourth-order valence-corrected chi connectivity index (χ4v) is 3.83. The highest BCUT2D eigenvalue weighted by Gasteiger charge is 2.32. The molecule has 2 amide bonds. The van der Waals surface area contributed by atoms with Gasteiger partial charge in [-0.1, -0.05) is 30.3 Å². The van der Waals surface area contributed by atoms with Crippen LogP contribution in [0.3, 0.4) is 0 Å². The summed E-state index contributed by atoms with van der Waals surface area (Å²) in [5, 5.41) is 10.1. The maximum Gasteiger partial charge on any atom is 0.224 e. The zero-order valence-corrected chi connectivity index (χ0v) is 16.8. The molecule has 7 nitrogen and oxygen atoms in total. The van der Waals surface area contributed by atoms with E-state index in [-0.39, 0.29) is 17.9 Å². The Bertz CT molecular complexity index is 804. The predicted molar refractivity (Wildman–Crippen MR) is 108 cm³/mol. The molecule has 2 N–H and O–H groups in total. The van der Waals surface area contributed by atoms with Gasteiger partial charge in [0.2, 0.25) is 11.8 Å². The average molecular weight is 383 g/mol. The van der Waals surface area contributed by atoms with Crippen molar-refractivity contribution >= 4 is 11.8 Å². The summed E-state index contributed by atoms with van der Waals surface area (Å²) in [6, 6.07) is 10.5. The maximum absolute atomic E-state index is 12.8. The van der Waals surface area contributed by atoms with Crippen LogP contribution in [0.25, 0.3) is 11.3 Å². The summed E-state index contributed by atoms with van der Waals surface area (Å²) in [7, 11) is 3.88. The van der Waals surface area contributed by atoms with E-state index in [1.807, 2.05) is 44.4 Å². The molecule has 1 saturated heterocycles. The Morgan fingerprint density at radius 2 is 1.96 bits per heavy atom. The predicted octanol–water partition coefficient (Wildman–Crippen LogP) is 2.02. The van der Waals surface area contributed by atoms with Gasteiger partial charge in [-0.15, -0.1) is 0 Å². The van der Waals surface area contributed by atoms with Crippen molar-refractivity contribution in [2.45, 2.75) is 44.8 Å². The molecule has 1 aromatic carbocycles. The molecule has 0 spiro atoms. The second-order valence-electron chi connectivity index (χ2n) is 7.58. The van der Waals surface area contributed by atoms with Crippen molar-refractivity contribution in [1.29, 1.82) is 0 Å². The van der Waals surface area contributed by atoms with E-state index in [0.29, 0.717) is 25.6 Å². The van der Waals surface area contributed by atoms with Crippen molar-refractivity contribution in [2.24, 2.45) is 0 Å². The number of hydrogen-bond donors (Lipinski definition) is 2. The van der Waals surface area contributed by atoms with Crippen LogP contribution in [0.1, 0.15) is 31.7 Å². The highest BCUT2D eigenvalue weighted by Crippen LogP contribution is 2.26. The van der Waals surface area contributed by atoms with Crippen LogP contribution in [0.4, 0.5) is 0 Å². The van der Waals surface area contributed by atoms with E-state index >= 15 is 0 Å². The monoisotopic (exact) mass is 383 g/mol. The zero-order valence-electron chi connectivity index (χ0n) is 16.8. The quantitative estimate of drug-likeness (QED) is 0.767. The van der Waals surface area contributed by atoms with E-state index in [0.717, 1.165) is 29.7 Å². The highest BCUT2D eigenvalue weighted by atomic mass is 16.2. The van der Waals surface area contributed by atoms with Crippen molar-refractivity contribution in [3.63, 3.8) is 0 Å². The summed E-state index contributed by atoms with van der Waals surface area (Å²) >= 11 is 0. The summed E-state index contributed by atoms with van der Waals surface area (Å²) < 4.78 is 0. The molecule has 2 aromatic rings. The summed E-state index contributed by atoms with van der Waals surface area (Å²) in [5.41, 5.74) is 3.02. The smallest absolute Gasteiger partial charge is 0.224 e. The molecular formula is C21H29N5O2. The average Bonchev–Trinajstić information content (AvgIpc) is 3.28. The Morgan fingerprint density at radius 1 is 1.25 bits per heavy atom. The number of likely N-dealkylation sites (tertiary alicyclic amines) is 1. The number of likely N-dealkylation sites (N-methyl/N-ethyl adjacent to an activating group) is 1. The van der Waals surface area contributed by atoms with Gasteiger partial charge in [0.15, 0.2) is 0 Å². The van der Waals surface area contributed by atoms with Crippen molar-refractivity contribution in [2.75, 3.05) is 20.6 Å². The van der Waals surface area contributed by atoms with Gasteiger partial charge in [-0.3, -0.25) is 19.6 Å². The standard InChI is InChI=1S/C21H29N5O2/c1-15(27)22-13-19-10-9-18(26(19)3)11-20(28)25(2)14-17-12-23-24-21(17)16-7-5-4-6-8-16/h4-8,12,18-19H,9-11,13-14H2,1-3H3,(H,22,27)(H,23,24)/t18-,19+/m0/s1. The Balaban J connectivity index is 1.56. The van der Waals surface area contributed by atoms with Gasteiger partial charge < -0.3 is 10.2 Å². The van der Waals surface area contributed by atoms with Crippen molar-refractivity contribution < 1.29 is 9.59 Å². The molecule has 0 saturated carbocycles. The molecule has 1 fully saturated rings. The molecule has 1 aliphatic rings. The van der Waals surface area contributed by atoms with Crippen LogP contribution in [0, 0.1) is 0 Å². The number of aromatic nitrogens is 2. The van der Waals surface area contributed by atoms with Crippen LogP contribution in [0.2, 0.25) is 0 Å². The number of carbonyl (C=O) groups is 2. The molecule has 3 rings (SSSR count). The number of amides is 2. The number of rotatable bonds is 7. The van der Waals surface area contributed by atoms with Gasteiger partial charge in [0.25, 0.3) is 0 Å². The zero-order chi connectivity index (χ0) is 20.1. The van der Waals surface area contributed by atoms with E-state index in [1.165, 1.54) is 6.92 Å². The minimum absolute atomic E-state index is 0.0120. The lowest BCUT2D eigenvalue weighted by atomic mass is 10.1. The lowest BCUT2D eigenvalue weighted by Gasteiger charge is -2.27. The van der Waals surface area contributed by atoms with Crippen LogP contribution in [0.15, 0.2) is 36.5 Å². The van der Waals surface area contributed by atoms with E-state index in [1.54, 1.807) is 11.1 Å². The SMILES string of the molecule is CC(=O)NC[C@H]1CC[C@@H](CC(=O)N(C)Cc2cn[nH]c2-c2ccccc2)N1C. The van der Waals surface area contributed by atoms with Gasteiger partial charge in [-0.2, -0.15) is 5.10 Å². The first-order chi connectivity index (χ1) is 13.5. The van der Waals surface area contributed by atoms with Gasteiger partial charge in [-0.25, -0.2) is 0 Å². The molecule has 1 aromatic heterocycles. The van der Waals surface area contributed by atoms with Crippen molar-refractivity contribution in [1.82, 2.24) is 25.3 Å². The largest absolute Gasteiger partial charge is 0.355 e. The van der Waals surface area contributed by atoms with Crippen LogP contribution in [-0.4, -0.2) is 64.5 Å². The number of nitrogens with one attached hydrogen (secondary N) is 2. The van der Waals surface area contributed by atoms with Crippen LogP contribution < -0.4 is 5.32 Å². The lowest BCUT2D eigenvalue weighted by Crippen LogP contribution is -2.42. The molecule has 28 heavy (non-hydrogen) atoms. The second kappa shape index (κ2) is 9.01. The summed E-state index contributed by atoms with van der Waals surface area (Å²) in [6.45, 7) is 2.69. The molecule has 0 unspecified atom stereocenters. The molecule has 2 atom stereocenters. The minimum atomic E-state index is -0.0120. The van der Waals surface area contributed by atoms with Crippen LogP contribution in [-0.2, 0) is 16.1 Å². The number of benzene rings is 1. The normalized spacial score (nSPS) is 19.5. The van der Waals surface area contributed by atoms with Crippen molar-refractivity contribution in [3.05, 3.63) is 42.1 Å². The lowest BCUT2D eigenvalue weighted by molar-refractivity contribution is -0.131. The van der Waals surface area contributed by atoms with E-state index in [2.05, 4.69) is 20.4 Å². The molecule has 0 radical (unpaired) electrons. The third-order valence-electron chi connectivity index (χ3n) is 5.60. The van der Waals surface area contributed by atoms with E-state index in [4.69, 9.17) is 0 Å². The Labute approximate surface area is 166 Å². The van der Waals surface area contributed by atoms with Gasteiger partial charge in [0.05, 0.1) is 11.9 Å². The molecule has 2 heterocycles. The van der Waals surface area contributed by atoms with E-state index in [9.17, 15) is 9.59 Å². The Morgan fingerprint density at radius 3 is 2.68 bits per heavy atom. The first-order valence-electron chi connectivity index (χ1n) is 9.73. The van der Waals surface area contributed by atoms with E-state index < -0.39 is 0 Å². The number of hydrogen-bond acceptors (Lipinski definition) is 4. The number of aromatic amines is 1. The maximum atomic E-state index is 12.8. The number of H-pyrrole nitrogens is 1. The van der Waals surface area contributed by atoms with Crippen LogP contribution in [0.5, 0.6) is 0 Å². The first kappa shape index (κ1) is 20.1. The third-order valence-corrected chi connectivity index (χ3v) is 5.60. The van der Waals surface area contributed by atoms with Gasteiger partial charge in [0, 0.05) is 51.1 Å². The fourth-order valence-electron chi connectivity index (χ4n) is 3.83. The minimum Gasteiger partial charge on any atom is -0.355 e. The number of nitrogens with zero attached hydrogens (tertiary/aromatic N) is 3. The van der Waals surface area contributed by atoms with Gasteiger partial charge in [-0.05, 0) is 25.5 Å². The third kappa shape index (κ3) is 4.78. The van der Waals surface area contributed by atoms with Gasteiger partial charge >= 0.3 is 0 Å². The topological polar surface area (TPSA) is 81.3 Å². The summed E-state index contributed by atoms with van der Waals surface area (Å²) in [4.78, 5) is 27.9. The molecule has 150 valence electrons. The second-order valence-corrected chi connectivity index (χ2v) is 7.58.